The molecule has 0 saturated heterocycles. The lowest BCUT2D eigenvalue weighted by molar-refractivity contribution is -0.115. The maximum Gasteiger partial charge on any atom is 0.263 e. The van der Waals surface area contributed by atoms with E-state index in [2.05, 4.69) is 37.6 Å². The summed E-state index contributed by atoms with van der Waals surface area (Å²) in [5.41, 5.74) is 2.13. The summed E-state index contributed by atoms with van der Waals surface area (Å²) in [4.78, 5) is 17.2. The van der Waals surface area contributed by atoms with Crippen LogP contribution in [0.15, 0.2) is 65.0 Å². The van der Waals surface area contributed by atoms with Crippen molar-refractivity contribution in [2.24, 2.45) is 4.99 Å². The van der Waals surface area contributed by atoms with Gasteiger partial charge in [-0.05, 0) is 47.9 Å². The maximum atomic E-state index is 12.6. The zero-order valence-corrected chi connectivity index (χ0v) is 18.8. The van der Waals surface area contributed by atoms with Crippen LogP contribution in [0, 0.1) is 0 Å². The number of nitrogens with zero attached hydrogens (tertiary/aromatic N) is 2. The van der Waals surface area contributed by atoms with Gasteiger partial charge < -0.3 is 9.30 Å². The molecule has 1 amide bonds. The van der Waals surface area contributed by atoms with E-state index in [1.165, 1.54) is 36.1 Å². The molecule has 3 rings (SSSR count). The Bertz CT molecular complexity index is 1250. The summed E-state index contributed by atoms with van der Waals surface area (Å²) in [6, 6.07) is 12.1. The number of hydrogen-bond donors (Lipinski definition) is 0. The average molecular weight is 445 g/mol. The predicted octanol–water partition coefficient (Wildman–Crippen LogP) is 3.92. The molecular weight excluding hydrogens is 420 g/mol. The van der Waals surface area contributed by atoms with Crippen molar-refractivity contribution >= 4 is 37.3 Å². The van der Waals surface area contributed by atoms with E-state index >= 15 is 0 Å². The number of rotatable bonds is 7. The topological polar surface area (TPSA) is 77.7 Å². The van der Waals surface area contributed by atoms with Crippen molar-refractivity contribution < 1.29 is 17.9 Å². The molecule has 30 heavy (non-hydrogen) atoms. The Labute approximate surface area is 180 Å². The number of amides is 1. The molecule has 8 heteroatoms. The molecule has 0 spiro atoms. The number of carbonyl (C=O) groups is 1. The fourth-order valence-electron chi connectivity index (χ4n) is 3.01. The number of hydrogen-bond acceptors (Lipinski definition) is 5. The molecule has 1 aromatic heterocycles. The molecule has 0 unspecified atom stereocenters. The van der Waals surface area contributed by atoms with E-state index in [4.69, 9.17) is 4.74 Å². The van der Waals surface area contributed by atoms with E-state index in [0.29, 0.717) is 23.0 Å². The van der Waals surface area contributed by atoms with Crippen LogP contribution in [-0.4, -0.2) is 31.8 Å². The first-order valence-corrected chi connectivity index (χ1v) is 11.9. The number of carbonyl (C=O) groups excluding carboxylic acids is 1. The molecule has 3 aromatic rings. The van der Waals surface area contributed by atoms with Gasteiger partial charge in [-0.1, -0.05) is 37.3 Å². The number of methoxy groups -OCH3 is 1. The Morgan fingerprint density at radius 1 is 1.23 bits per heavy atom. The Kier molecular flexibility index (Phi) is 6.58. The number of fused-ring (bicyclic) bond motifs is 1. The van der Waals surface area contributed by atoms with Crippen molar-refractivity contribution in [2.75, 3.05) is 12.9 Å². The highest BCUT2D eigenvalue weighted by Gasteiger charge is 2.20. The molecule has 0 aliphatic rings. The molecule has 158 valence electrons. The van der Waals surface area contributed by atoms with Crippen LogP contribution < -0.4 is 9.54 Å². The zero-order chi connectivity index (χ0) is 21.9. The van der Waals surface area contributed by atoms with E-state index < -0.39 is 21.5 Å². The average Bonchev–Trinajstić information content (AvgIpc) is 3.04. The first-order chi connectivity index (χ1) is 14.2. The van der Waals surface area contributed by atoms with Gasteiger partial charge in [0.05, 0.1) is 22.2 Å². The highest BCUT2D eigenvalue weighted by Crippen LogP contribution is 2.24. The molecule has 1 heterocycles. The van der Waals surface area contributed by atoms with Gasteiger partial charge in [-0.25, -0.2) is 8.42 Å². The van der Waals surface area contributed by atoms with Crippen LogP contribution in [0.3, 0.4) is 0 Å². The smallest absolute Gasteiger partial charge is 0.263 e. The van der Waals surface area contributed by atoms with Gasteiger partial charge in [0, 0.05) is 6.54 Å². The fraction of sp³-hybridized carbons (Fsp3) is 0.273. The third-order valence-electron chi connectivity index (χ3n) is 4.64. The molecule has 2 aromatic carbocycles. The summed E-state index contributed by atoms with van der Waals surface area (Å²) in [6.45, 7) is 8.48. The van der Waals surface area contributed by atoms with E-state index in [1.54, 1.807) is 18.2 Å². The van der Waals surface area contributed by atoms with Crippen LogP contribution in [0.2, 0.25) is 0 Å². The van der Waals surface area contributed by atoms with Gasteiger partial charge in [-0.3, -0.25) is 4.79 Å². The second-order valence-electron chi connectivity index (χ2n) is 7.11. The maximum absolute atomic E-state index is 12.6. The largest absolute Gasteiger partial charge is 0.497 e. The van der Waals surface area contributed by atoms with Crippen LogP contribution >= 0.6 is 11.3 Å². The Balaban J connectivity index is 1.97. The van der Waals surface area contributed by atoms with Crippen molar-refractivity contribution in [1.29, 1.82) is 0 Å². The molecule has 6 nitrogen and oxygen atoms in total. The monoisotopic (exact) mass is 444 g/mol. The van der Waals surface area contributed by atoms with Crippen LogP contribution in [-0.2, 0) is 21.2 Å². The first-order valence-electron chi connectivity index (χ1n) is 9.43. The van der Waals surface area contributed by atoms with Crippen LogP contribution in [0.5, 0.6) is 5.75 Å². The van der Waals surface area contributed by atoms with Gasteiger partial charge in [-0.2, -0.15) is 4.99 Å². The third-order valence-corrected chi connectivity index (χ3v) is 7.30. The summed E-state index contributed by atoms with van der Waals surface area (Å²) in [5, 5.41) is 0. The van der Waals surface area contributed by atoms with Gasteiger partial charge in [0.25, 0.3) is 5.91 Å². The Morgan fingerprint density at radius 3 is 2.53 bits per heavy atom. The van der Waals surface area contributed by atoms with Crippen LogP contribution in [0.4, 0.5) is 0 Å². The van der Waals surface area contributed by atoms with Crippen molar-refractivity contribution in [1.82, 2.24) is 4.57 Å². The van der Waals surface area contributed by atoms with Crippen molar-refractivity contribution in [3.05, 3.63) is 65.5 Å². The lowest BCUT2D eigenvalue weighted by Crippen LogP contribution is -2.20. The van der Waals surface area contributed by atoms with Crippen molar-refractivity contribution in [3.8, 4) is 5.75 Å². The second-order valence-corrected chi connectivity index (χ2v) is 10.1. The molecular formula is C22H24N2O4S2. The normalized spacial score (nSPS) is 12.5. The highest BCUT2D eigenvalue weighted by atomic mass is 32.2. The minimum atomic E-state index is -3.80. The Hall–Kier alpha value is -2.71. The van der Waals surface area contributed by atoms with E-state index in [0.717, 1.165) is 10.2 Å². The van der Waals surface area contributed by atoms with Crippen LogP contribution in [0.1, 0.15) is 25.3 Å². The van der Waals surface area contributed by atoms with E-state index in [9.17, 15) is 13.2 Å². The lowest BCUT2D eigenvalue weighted by atomic mass is 10.0. The standard InChI is InChI=1S/C22H24N2O4S2/c1-5-12-24-19-11-6-16(15(2)3)13-20(19)29-22(24)23-21(25)14-30(26,27)18-9-7-17(28-4)8-10-18/h5-11,13,15H,1,12,14H2,2-4H3. The third kappa shape index (κ3) is 4.71. The first kappa shape index (κ1) is 22.0. The van der Waals surface area contributed by atoms with Gasteiger partial charge in [0.15, 0.2) is 14.6 Å². The van der Waals surface area contributed by atoms with E-state index in [-0.39, 0.29) is 4.90 Å². The molecule has 0 fully saturated rings. The number of ether oxygens (including phenoxy) is 1. The van der Waals surface area contributed by atoms with Gasteiger partial charge in [-0.15, -0.1) is 6.58 Å². The van der Waals surface area contributed by atoms with Crippen LogP contribution in [0.25, 0.3) is 10.2 Å². The Morgan fingerprint density at radius 2 is 1.93 bits per heavy atom. The minimum Gasteiger partial charge on any atom is -0.497 e. The summed E-state index contributed by atoms with van der Waals surface area (Å²) < 4.78 is 33.1. The molecule has 0 bridgehead atoms. The predicted molar refractivity (Wildman–Crippen MR) is 120 cm³/mol. The molecule has 0 N–H and O–H groups in total. The van der Waals surface area contributed by atoms with E-state index in [1.807, 2.05) is 10.6 Å². The zero-order valence-electron chi connectivity index (χ0n) is 17.2. The summed E-state index contributed by atoms with van der Waals surface area (Å²) >= 11 is 1.37. The lowest BCUT2D eigenvalue weighted by Gasteiger charge is -2.06. The van der Waals surface area contributed by atoms with Crippen molar-refractivity contribution in [2.45, 2.75) is 31.2 Å². The van der Waals surface area contributed by atoms with Crippen molar-refractivity contribution in [3.63, 3.8) is 0 Å². The number of sulfone groups is 1. The molecule has 0 aliphatic heterocycles. The summed E-state index contributed by atoms with van der Waals surface area (Å²) in [7, 11) is -2.30. The number of aromatic nitrogens is 1. The molecule has 0 saturated carbocycles. The highest BCUT2D eigenvalue weighted by molar-refractivity contribution is 7.92. The quantitative estimate of drug-likeness (QED) is 0.518. The molecule has 0 radical (unpaired) electrons. The number of thiazole rings is 1. The molecule has 0 atom stereocenters. The number of benzene rings is 2. The fourth-order valence-corrected chi connectivity index (χ4v) is 5.22. The minimum absolute atomic E-state index is 0.0590. The summed E-state index contributed by atoms with van der Waals surface area (Å²) in [5.74, 6) is -0.486. The second kappa shape index (κ2) is 8.97. The number of allylic oxidation sites excluding steroid dienone is 1. The van der Waals surface area contributed by atoms with Gasteiger partial charge >= 0.3 is 0 Å². The SMILES string of the molecule is C=CCn1c(=NC(=O)CS(=O)(=O)c2ccc(OC)cc2)sc2cc(C(C)C)ccc21. The van der Waals surface area contributed by atoms with Gasteiger partial charge in [0.2, 0.25) is 0 Å². The molecule has 0 aliphatic carbocycles. The summed E-state index contributed by atoms with van der Waals surface area (Å²) in [6.07, 6.45) is 1.72. The van der Waals surface area contributed by atoms with Gasteiger partial charge in [0.1, 0.15) is 11.5 Å².